The lowest BCUT2D eigenvalue weighted by atomic mass is 10.1. The van der Waals surface area contributed by atoms with Crippen LogP contribution in [-0.4, -0.2) is 19.5 Å². The van der Waals surface area contributed by atoms with Crippen molar-refractivity contribution < 1.29 is 8.81 Å². The maximum atomic E-state index is 13.0. The zero-order chi connectivity index (χ0) is 19.0. The van der Waals surface area contributed by atoms with Crippen molar-refractivity contribution in [3.05, 3.63) is 70.9 Å². The molecule has 0 amide bonds. The number of oxazole rings is 1. The molecule has 7 nitrogen and oxygen atoms in total. The van der Waals surface area contributed by atoms with E-state index in [-0.39, 0.29) is 17.6 Å². The van der Waals surface area contributed by atoms with Crippen LogP contribution in [0.1, 0.15) is 18.5 Å². The van der Waals surface area contributed by atoms with Gasteiger partial charge in [-0.2, -0.15) is 0 Å². The minimum Gasteiger partial charge on any atom is -0.389 e. The van der Waals surface area contributed by atoms with Gasteiger partial charge in [-0.3, -0.25) is 9.55 Å². The maximum absolute atomic E-state index is 13.0. The summed E-state index contributed by atoms with van der Waals surface area (Å²) in [5, 5.41) is 3.23. The number of halogens is 1. The SMILES string of the molecule is C[C@@H](Nc1cnc(-c2cnc3oc(=O)n(C)c3c2)cn1)c1ccc(F)cc1. The van der Waals surface area contributed by atoms with Gasteiger partial charge in [0.2, 0.25) is 5.71 Å². The molecular weight excluding hydrogens is 349 g/mol. The first-order valence-corrected chi connectivity index (χ1v) is 8.31. The van der Waals surface area contributed by atoms with Crippen LogP contribution in [0.2, 0.25) is 0 Å². The molecule has 0 radical (unpaired) electrons. The molecule has 0 aliphatic rings. The number of benzene rings is 1. The molecule has 0 aliphatic carbocycles. The molecule has 0 spiro atoms. The number of pyridine rings is 1. The molecule has 136 valence electrons. The second kappa shape index (κ2) is 6.64. The fraction of sp³-hybridized carbons (Fsp3) is 0.158. The lowest BCUT2D eigenvalue weighted by Gasteiger charge is -2.14. The molecule has 1 aromatic carbocycles. The van der Waals surface area contributed by atoms with E-state index in [4.69, 9.17) is 4.42 Å². The molecule has 0 saturated heterocycles. The number of fused-ring (bicyclic) bond motifs is 1. The van der Waals surface area contributed by atoms with Gasteiger partial charge in [-0.1, -0.05) is 12.1 Å². The molecule has 4 rings (SSSR count). The van der Waals surface area contributed by atoms with Gasteiger partial charge in [0.1, 0.15) is 17.2 Å². The average molecular weight is 365 g/mol. The van der Waals surface area contributed by atoms with E-state index in [9.17, 15) is 9.18 Å². The van der Waals surface area contributed by atoms with Gasteiger partial charge in [0.05, 0.1) is 18.1 Å². The van der Waals surface area contributed by atoms with E-state index < -0.39 is 5.76 Å². The van der Waals surface area contributed by atoms with Crippen molar-refractivity contribution >= 4 is 17.0 Å². The molecule has 0 bridgehead atoms. The third-order valence-electron chi connectivity index (χ3n) is 4.33. The molecule has 0 fully saturated rings. The Hall–Kier alpha value is -3.55. The van der Waals surface area contributed by atoms with Crippen LogP contribution in [0.15, 0.2) is 58.1 Å². The second-order valence-electron chi connectivity index (χ2n) is 6.18. The summed E-state index contributed by atoms with van der Waals surface area (Å²) in [4.78, 5) is 24.5. The number of nitrogens with zero attached hydrogens (tertiary/aromatic N) is 4. The summed E-state index contributed by atoms with van der Waals surface area (Å²) in [5.74, 6) is -0.133. The molecule has 3 aromatic heterocycles. The van der Waals surface area contributed by atoms with Crippen LogP contribution >= 0.6 is 0 Å². The van der Waals surface area contributed by atoms with E-state index in [1.807, 2.05) is 6.92 Å². The molecule has 4 aromatic rings. The molecule has 0 unspecified atom stereocenters. The second-order valence-corrected chi connectivity index (χ2v) is 6.18. The van der Waals surface area contributed by atoms with E-state index in [2.05, 4.69) is 20.3 Å². The Morgan fingerprint density at radius 1 is 1.11 bits per heavy atom. The van der Waals surface area contributed by atoms with E-state index in [0.717, 1.165) is 11.1 Å². The first-order chi connectivity index (χ1) is 13.0. The van der Waals surface area contributed by atoms with Crippen molar-refractivity contribution in [1.29, 1.82) is 0 Å². The van der Waals surface area contributed by atoms with E-state index >= 15 is 0 Å². The van der Waals surface area contributed by atoms with Crippen LogP contribution in [0.4, 0.5) is 10.2 Å². The monoisotopic (exact) mass is 365 g/mol. The van der Waals surface area contributed by atoms with Gasteiger partial charge in [0.25, 0.3) is 0 Å². The third kappa shape index (κ3) is 3.29. The molecule has 1 N–H and O–H groups in total. The molecule has 0 saturated carbocycles. The Morgan fingerprint density at radius 2 is 1.89 bits per heavy atom. The highest BCUT2D eigenvalue weighted by Gasteiger charge is 2.11. The quantitative estimate of drug-likeness (QED) is 0.597. The summed E-state index contributed by atoms with van der Waals surface area (Å²) >= 11 is 0. The van der Waals surface area contributed by atoms with E-state index in [1.165, 1.54) is 16.7 Å². The van der Waals surface area contributed by atoms with Crippen molar-refractivity contribution in [3.63, 3.8) is 0 Å². The number of hydrogen-bond donors (Lipinski definition) is 1. The van der Waals surface area contributed by atoms with Gasteiger partial charge in [0.15, 0.2) is 0 Å². The summed E-state index contributed by atoms with van der Waals surface area (Å²) in [6.45, 7) is 1.96. The van der Waals surface area contributed by atoms with Crippen LogP contribution in [0.3, 0.4) is 0 Å². The molecule has 1 atom stereocenters. The van der Waals surface area contributed by atoms with Gasteiger partial charge < -0.3 is 9.73 Å². The van der Waals surface area contributed by atoms with Crippen molar-refractivity contribution in [2.24, 2.45) is 7.05 Å². The Balaban J connectivity index is 1.56. The number of nitrogens with one attached hydrogen (secondary N) is 1. The summed E-state index contributed by atoms with van der Waals surface area (Å²) in [6.07, 6.45) is 4.83. The van der Waals surface area contributed by atoms with Gasteiger partial charge in [-0.05, 0) is 30.7 Å². The summed E-state index contributed by atoms with van der Waals surface area (Å²) in [5.41, 5.74) is 3.16. The first kappa shape index (κ1) is 16.9. The van der Waals surface area contributed by atoms with Crippen LogP contribution in [-0.2, 0) is 7.05 Å². The van der Waals surface area contributed by atoms with Crippen LogP contribution in [0.25, 0.3) is 22.5 Å². The Bertz CT molecular complexity index is 1150. The zero-order valence-electron chi connectivity index (χ0n) is 14.7. The highest BCUT2D eigenvalue weighted by atomic mass is 19.1. The first-order valence-electron chi connectivity index (χ1n) is 8.31. The number of rotatable bonds is 4. The minimum absolute atomic E-state index is 0.0516. The maximum Gasteiger partial charge on any atom is 0.421 e. The Labute approximate surface area is 153 Å². The normalized spacial score (nSPS) is 12.3. The zero-order valence-corrected chi connectivity index (χ0v) is 14.7. The van der Waals surface area contributed by atoms with E-state index in [1.54, 1.807) is 43.8 Å². The van der Waals surface area contributed by atoms with Gasteiger partial charge in [0, 0.05) is 24.8 Å². The number of hydrogen-bond acceptors (Lipinski definition) is 6. The molecule has 0 aliphatic heterocycles. The standard InChI is InChI=1S/C19H16FN5O2/c1-11(12-3-5-14(20)6-4-12)24-17-10-21-15(9-22-17)13-7-16-18(23-8-13)27-19(26)25(16)2/h3-11H,1-2H3,(H,22,24)/t11-/m1/s1. The molecule has 3 heterocycles. The van der Waals surface area contributed by atoms with Crippen molar-refractivity contribution in [2.45, 2.75) is 13.0 Å². The summed E-state index contributed by atoms with van der Waals surface area (Å²) in [6, 6.07) is 8.04. The highest BCUT2D eigenvalue weighted by molar-refractivity contribution is 5.75. The number of aromatic nitrogens is 4. The average Bonchev–Trinajstić information content (AvgIpc) is 2.96. The van der Waals surface area contributed by atoms with Gasteiger partial charge >= 0.3 is 5.76 Å². The third-order valence-corrected chi connectivity index (χ3v) is 4.33. The largest absolute Gasteiger partial charge is 0.421 e. The van der Waals surface area contributed by atoms with Gasteiger partial charge in [-0.15, -0.1) is 0 Å². The Kier molecular flexibility index (Phi) is 4.15. The predicted octanol–water partition coefficient (Wildman–Crippen LogP) is 3.30. The topological polar surface area (TPSA) is 85.8 Å². The van der Waals surface area contributed by atoms with Crippen molar-refractivity contribution in [3.8, 4) is 11.3 Å². The summed E-state index contributed by atoms with van der Waals surface area (Å²) in [7, 11) is 1.62. The fourth-order valence-corrected chi connectivity index (χ4v) is 2.76. The van der Waals surface area contributed by atoms with Gasteiger partial charge in [-0.25, -0.2) is 19.2 Å². The molecule has 8 heteroatoms. The number of anilines is 1. The molecule has 27 heavy (non-hydrogen) atoms. The van der Waals surface area contributed by atoms with E-state index in [0.29, 0.717) is 17.0 Å². The number of aryl methyl sites for hydroxylation is 1. The smallest absolute Gasteiger partial charge is 0.389 e. The Morgan fingerprint density at radius 3 is 2.59 bits per heavy atom. The minimum atomic E-state index is -0.463. The molecular formula is C19H16FN5O2. The fourth-order valence-electron chi connectivity index (χ4n) is 2.76. The van der Waals surface area contributed by atoms with Crippen molar-refractivity contribution in [2.75, 3.05) is 5.32 Å². The summed E-state index contributed by atoms with van der Waals surface area (Å²) < 4.78 is 19.5. The highest BCUT2D eigenvalue weighted by Crippen LogP contribution is 2.22. The van der Waals surface area contributed by atoms with Crippen LogP contribution in [0, 0.1) is 5.82 Å². The lowest BCUT2D eigenvalue weighted by molar-refractivity contribution is 0.520. The predicted molar refractivity (Wildman–Crippen MR) is 98.7 cm³/mol. The van der Waals surface area contributed by atoms with Crippen LogP contribution < -0.4 is 11.1 Å². The van der Waals surface area contributed by atoms with Crippen LogP contribution in [0.5, 0.6) is 0 Å². The van der Waals surface area contributed by atoms with Crippen molar-refractivity contribution in [1.82, 2.24) is 19.5 Å². The lowest BCUT2D eigenvalue weighted by Crippen LogP contribution is -2.08.